The summed E-state index contributed by atoms with van der Waals surface area (Å²) in [6, 6.07) is 3.23. The van der Waals surface area contributed by atoms with E-state index in [1.165, 1.54) is 6.07 Å². The Morgan fingerprint density at radius 1 is 1.50 bits per heavy atom. The molecule has 0 heterocycles. The molecule has 0 unspecified atom stereocenters. The molecule has 1 aromatic carbocycles. The Morgan fingerprint density at radius 3 is 2.69 bits per heavy atom. The molecule has 0 aliphatic heterocycles. The number of rotatable bonds is 3. The molecule has 1 saturated carbocycles. The largest absolute Gasteiger partial charge is 0.483 e. The molecule has 5 heteroatoms. The molecule has 1 aliphatic carbocycles. The van der Waals surface area contributed by atoms with E-state index in [4.69, 9.17) is 4.74 Å². The molecule has 0 atom stereocenters. The molecule has 0 aromatic heterocycles. The van der Waals surface area contributed by atoms with Gasteiger partial charge in [0.15, 0.2) is 5.75 Å². The van der Waals surface area contributed by atoms with Crippen LogP contribution in [0.25, 0.3) is 0 Å². The fourth-order valence-electron chi connectivity index (χ4n) is 1.55. The van der Waals surface area contributed by atoms with Gasteiger partial charge in [-0.15, -0.1) is 0 Å². The average molecular weight is 286 g/mol. The average Bonchev–Trinajstić information content (AvgIpc) is 2.16. The van der Waals surface area contributed by atoms with Crippen molar-refractivity contribution < 1.29 is 9.66 Å². The minimum atomic E-state index is -0.395. The number of benzene rings is 1. The molecule has 4 nitrogen and oxygen atoms in total. The molecule has 0 radical (unpaired) electrons. The SMILES string of the molecule is Cc1cc([N+](=O)[O-])c(OC2CCC2)cc1Br. The topological polar surface area (TPSA) is 52.4 Å². The molecule has 0 N–H and O–H groups in total. The molecule has 86 valence electrons. The Labute approximate surface area is 102 Å². The van der Waals surface area contributed by atoms with Crippen molar-refractivity contribution in [2.45, 2.75) is 32.3 Å². The lowest BCUT2D eigenvalue weighted by atomic mass is 9.96. The van der Waals surface area contributed by atoms with E-state index in [2.05, 4.69) is 15.9 Å². The number of hydrogen-bond donors (Lipinski definition) is 0. The van der Waals surface area contributed by atoms with Gasteiger partial charge in [0, 0.05) is 16.6 Å². The minimum Gasteiger partial charge on any atom is -0.483 e. The van der Waals surface area contributed by atoms with Crippen LogP contribution in [0.5, 0.6) is 5.75 Å². The van der Waals surface area contributed by atoms with Crippen LogP contribution in [0.15, 0.2) is 16.6 Å². The van der Waals surface area contributed by atoms with E-state index in [0.29, 0.717) is 5.75 Å². The number of halogens is 1. The van der Waals surface area contributed by atoms with E-state index in [1.807, 2.05) is 6.92 Å². The van der Waals surface area contributed by atoms with Crippen LogP contribution in [0.3, 0.4) is 0 Å². The highest BCUT2D eigenvalue weighted by Gasteiger charge is 2.24. The first-order chi connectivity index (χ1) is 7.58. The summed E-state index contributed by atoms with van der Waals surface area (Å²) < 4.78 is 6.45. The highest BCUT2D eigenvalue weighted by atomic mass is 79.9. The van der Waals surface area contributed by atoms with E-state index in [9.17, 15) is 10.1 Å². The number of nitro groups is 1. The molecular formula is C11H12BrNO3. The van der Waals surface area contributed by atoms with Crippen LogP contribution in [-0.2, 0) is 0 Å². The van der Waals surface area contributed by atoms with Crippen molar-refractivity contribution >= 4 is 21.6 Å². The number of aryl methyl sites for hydroxylation is 1. The van der Waals surface area contributed by atoms with Gasteiger partial charge in [0.2, 0.25) is 0 Å². The lowest BCUT2D eigenvalue weighted by Crippen LogP contribution is -2.24. The number of nitro benzene ring substituents is 1. The van der Waals surface area contributed by atoms with Gasteiger partial charge in [0.05, 0.1) is 11.0 Å². The van der Waals surface area contributed by atoms with Crippen molar-refractivity contribution in [1.29, 1.82) is 0 Å². The smallest absolute Gasteiger partial charge is 0.311 e. The lowest BCUT2D eigenvalue weighted by molar-refractivity contribution is -0.386. The fourth-order valence-corrected chi connectivity index (χ4v) is 1.88. The monoisotopic (exact) mass is 285 g/mol. The van der Waals surface area contributed by atoms with Gasteiger partial charge >= 0.3 is 5.69 Å². The van der Waals surface area contributed by atoms with Gasteiger partial charge in [0.1, 0.15) is 0 Å². The van der Waals surface area contributed by atoms with Crippen LogP contribution in [0, 0.1) is 17.0 Å². The zero-order chi connectivity index (χ0) is 11.7. The summed E-state index contributed by atoms with van der Waals surface area (Å²) in [7, 11) is 0. The van der Waals surface area contributed by atoms with Crippen LogP contribution >= 0.6 is 15.9 Å². The van der Waals surface area contributed by atoms with Gasteiger partial charge in [0.25, 0.3) is 0 Å². The Hall–Kier alpha value is -1.10. The molecule has 2 rings (SSSR count). The summed E-state index contributed by atoms with van der Waals surface area (Å²) in [5.41, 5.74) is 0.889. The second-order valence-electron chi connectivity index (χ2n) is 4.00. The third-order valence-corrected chi connectivity index (χ3v) is 3.64. The summed E-state index contributed by atoms with van der Waals surface area (Å²) in [4.78, 5) is 10.5. The van der Waals surface area contributed by atoms with Gasteiger partial charge in [-0.1, -0.05) is 15.9 Å². The third kappa shape index (κ3) is 2.19. The quantitative estimate of drug-likeness (QED) is 0.630. The van der Waals surface area contributed by atoms with Crippen molar-refractivity contribution in [3.63, 3.8) is 0 Å². The standard InChI is InChI=1S/C11H12BrNO3/c1-7-5-10(13(14)15)11(6-9(7)12)16-8-3-2-4-8/h5-6,8H,2-4H2,1H3. The van der Waals surface area contributed by atoms with Crippen molar-refractivity contribution in [3.05, 3.63) is 32.3 Å². The van der Waals surface area contributed by atoms with Gasteiger partial charge in [-0.25, -0.2) is 0 Å². The highest BCUT2D eigenvalue weighted by Crippen LogP contribution is 2.36. The first kappa shape index (κ1) is 11.4. The second-order valence-corrected chi connectivity index (χ2v) is 4.85. The first-order valence-electron chi connectivity index (χ1n) is 5.19. The maximum atomic E-state index is 10.9. The maximum Gasteiger partial charge on any atom is 0.311 e. The summed E-state index contributed by atoms with van der Waals surface area (Å²) in [6.07, 6.45) is 3.27. The molecular weight excluding hydrogens is 274 g/mol. The van der Waals surface area contributed by atoms with Gasteiger partial charge in [-0.05, 0) is 31.7 Å². The summed E-state index contributed by atoms with van der Waals surface area (Å²) in [6.45, 7) is 1.82. The predicted molar refractivity (Wildman–Crippen MR) is 63.8 cm³/mol. The zero-order valence-electron chi connectivity index (χ0n) is 8.90. The molecule has 1 aromatic rings. The van der Waals surface area contributed by atoms with Gasteiger partial charge in [-0.3, -0.25) is 10.1 Å². The number of nitrogens with zero attached hydrogens (tertiary/aromatic N) is 1. The number of ether oxygens (including phenoxy) is 1. The Balaban J connectivity index is 2.32. The van der Waals surface area contributed by atoms with E-state index in [0.717, 1.165) is 29.3 Å². The summed E-state index contributed by atoms with van der Waals surface area (Å²) in [5.74, 6) is 0.368. The van der Waals surface area contributed by atoms with Crippen molar-refractivity contribution in [2.75, 3.05) is 0 Å². The van der Waals surface area contributed by atoms with E-state index < -0.39 is 4.92 Å². The van der Waals surface area contributed by atoms with Crippen LogP contribution in [0.2, 0.25) is 0 Å². The zero-order valence-corrected chi connectivity index (χ0v) is 10.5. The molecule has 0 amide bonds. The third-order valence-electron chi connectivity index (χ3n) is 2.78. The van der Waals surface area contributed by atoms with E-state index >= 15 is 0 Å². The Bertz CT molecular complexity index is 429. The molecule has 0 spiro atoms. The second kappa shape index (κ2) is 4.41. The maximum absolute atomic E-state index is 10.9. The fraction of sp³-hybridized carbons (Fsp3) is 0.455. The molecule has 0 saturated heterocycles. The molecule has 1 fully saturated rings. The van der Waals surface area contributed by atoms with Gasteiger partial charge < -0.3 is 4.74 Å². The van der Waals surface area contributed by atoms with Crippen LogP contribution < -0.4 is 4.74 Å². The normalized spacial score (nSPS) is 15.6. The number of hydrogen-bond acceptors (Lipinski definition) is 3. The van der Waals surface area contributed by atoms with Crippen LogP contribution in [0.4, 0.5) is 5.69 Å². The van der Waals surface area contributed by atoms with Crippen molar-refractivity contribution in [3.8, 4) is 5.75 Å². The van der Waals surface area contributed by atoms with Crippen LogP contribution in [0.1, 0.15) is 24.8 Å². The minimum absolute atomic E-state index is 0.0487. The van der Waals surface area contributed by atoms with Crippen LogP contribution in [-0.4, -0.2) is 11.0 Å². The van der Waals surface area contributed by atoms with Gasteiger partial charge in [-0.2, -0.15) is 0 Å². The first-order valence-corrected chi connectivity index (χ1v) is 5.98. The molecule has 16 heavy (non-hydrogen) atoms. The Morgan fingerprint density at radius 2 is 2.19 bits per heavy atom. The Kier molecular flexibility index (Phi) is 3.14. The van der Waals surface area contributed by atoms with E-state index in [1.54, 1.807) is 6.07 Å². The predicted octanol–water partition coefficient (Wildman–Crippen LogP) is 3.60. The molecule has 1 aliphatic rings. The van der Waals surface area contributed by atoms with Crippen molar-refractivity contribution in [2.24, 2.45) is 0 Å². The van der Waals surface area contributed by atoms with E-state index in [-0.39, 0.29) is 11.8 Å². The summed E-state index contributed by atoms with van der Waals surface area (Å²) in [5, 5.41) is 10.9. The summed E-state index contributed by atoms with van der Waals surface area (Å²) >= 11 is 3.36. The van der Waals surface area contributed by atoms with Crippen molar-refractivity contribution in [1.82, 2.24) is 0 Å². The lowest BCUT2D eigenvalue weighted by Gasteiger charge is -2.26. The molecule has 0 bridgehead atoms. The highest BCUT2D eigenvalue weighted by molar-refractivity contribution is 9.10.